The van der Waals surface area contributed by atoms with Gasteiger partial charge in [0.2, 0.25) is 0 Å². The first kappa shape index (κ1) is 31.3. The summed E-state index contributed by atoms with van der Waals surface area (Å²) in [5, 5.41) is 5.89. The Morgan fingerprint density at radius 2 is 1.55 bits per heavy atom. The summed E-state index contributed by atoms with van der Waals surface area (Å²) in [5.74, 6) is 2.04. The van der Waals surface area contributed by atoms with Crippen LogP contribution in [0.25, 0.3) is 0 Å². The molecular weight excluding hydrogens is 604 g/mol. The molecule has 0 atom stereocenters. The highest BCUT2D eigenvalue weighted by Gasteiger charge is 2.45. The normalized spacial score (nSPS) is 16.4. The maximum Gasteiger partial charge on any atom is 0.264 e. The van der Waals surface area contributed by atoms with Gasteiger partial charge >= 0.3 is 0 Å². The number of amides is 3. The Labute approximate surface area is 271 Å². The number of nitrogens with one attached hydrogen (secondary N) is 3. The lowest BCUT2D eigenvalue weighted by Gasteiger charge is -2.40. The van der Waals surface area contributed by atoms with Gasteiger partial charge in [0, 0.05) is 50.4 Å². The third kappa shape index (κ3) is 6.96. The summed E-state index contributed by atoms with van der Waals surface area (Å²) in [4.78, 5) is 44.4. The number of H-pyrrole nitrogens is 1. The lowest BCUT2D eigenvalue weighted by molar-refractivity contribution is -0.141. The third-order valence-corrected chi connectivity index (χ3v) is 8.24. The minimum Gasteiger partial charge on any atom is -0.493 e. The number of carbonyl (C=O) groups excluding carboxylic acids is 3. The number of methoxy groups -OCH3 is 2. The molecule has 3 amide bonds. The molecule has 7 aliphatic rings. The summed E-state index contributed by atoms with van der Waals surface area (Å²) < 4.78 is 29.5. The third-order valence-electron chi connectivity index (χ3n) is 8.24. The Morgan fingerprint density at radius 3 is 2.26 bits per heavy atom. The molecule has 6 bridgehead atoms. The minimum atomic E-state index is -1.22. The largest absolute Gasteiger partial charge is 0.493 e. The molecule has 1 saturated heterocycles. The first-order valence-electron chi connectivity index (χ1n) is 15.3. The van der Waals surface area contributed by atoms with Crippen LogP contribution in [0.1, 0.15) is 39.1 Å². The van der Waals surface area contributed by atoms with E-state index in [9.17, 15) is 14.4 Å². The monoisotopic (exact) mass is 640 g/mol. The summed E-state index contributed by atoms with van der Waals surface area (Å²) >= 11 is 0. The molecule has 7 aliphatic heterocycles. The van der Waals surface area contributed by atoms with Crippen LogP contribution >= 0.6 is 0 Å². The first-order valence-corrected chi connectivity index (χ1v) is 15.3. The SMILES string of the molecule is COc1cc2ccc1Oc1ccc(cc1OC)C(=O)NCCOc1ccc(cc1)OC1(CCN(C(=O)c3cc[nH]c3)CC1)C(=O)NC2. The average molecular weight is 641 g/mol. The number of carbonyl (C=O) groups is 3. The molecule has 12 nitrogen and oxygen atoms in total. The first-order chi connectivity index (χ1) is 22.9. The molecule has 3 aromatic carbocycles. The number of likely N-dealkylation sites (tertiary alicyclic amines) is 1. The van der Waals surface area contributed by atoms with Gasteiger partial charge in [0.25, 0.3) is 17.7 Å². The van der Waals surface area contributed by atoms with Gasteiger partial charge in [-0.15, -0.1) is 0 Å². The number of ether oxygens (including phenoxy) is 5. The van der Waals surface area contributed by atoms with Crippen molar-refractivity contribution in [1.29, 1.82) is 0 Å². The van der Waals surface area contributed by atoms with Crippen molar-refractivity contribution in [3.8, 4) is 34.5 Å². The zero-order valence-electron chi connectivity index (χ0n) is 26.2. The van der Waals surface area contributed by atoms with E-state index in [0.29, 0.717) is 71.6 Å². The van der Waals surface area contributed by atoms with Crippen LogP contribution in [0.5, 0.6) is 34.5 Å². The number of benzene rings is 3. The van der Waals surface area contributed by atoms with Gasteiger partial charge in [-0.2, -0.15) is 0 Å². The highest BCUT2D eigenvalue weighted by atomic mass is 16.5. The zero-order valence-corrected chi connectivity index (χ0v) is 26.2. The molecule has 1 spiro atoms. The van der Waals surface area contributed by atoms with Crippen molar-refractivity contribution < 1.29 is 38.1 Å². The Bertz CT molecular complexity index is 1730. The standard InChI is InChI=1S/C35H36N4O8/c1-43-30-19-23-3-9-28(30)46-29-10-4-24(20-31(29)44-2)32(40)37-15-18-45-26-5-7-27(8-6-26)47-35(34(42)38-21-23)12-16-39(17-13-35)33(41)25-11-14-36-22-25/h3-11,14,19-20,22,36H,12-13,15-18,21H2,1-2H3,(H,37,40)(H,38,42). The molecule has 8 heterocycles. The van der Waals surface area contributed by atoms with Gasteiger partial charge < -0.3 is 44.2 Å². The predicted molar refractivity (Wildman–Crippen MR) is 171 cm³/mol. The van der Waals surface area contributed by atoms with Crippen LogP contribution in [0.15, 0.2) is 79.1 Å². The number of aromatic nitrogens is 1. The number of piperidine rings is 1. The van der Waals surface area contributed by atoms with E-state index in [1.807, 2.05) is 6.07 Å². The molecule has 12 heteroatoms. The summed E-state index contributed by atoms with van der Waals surface area (Å²) in [6.07, 6.45) is 3.96. The van der Waals surface area contributed by atoms with Gasteiger partial charge in [0.05, 0.1) is 26.3 Å². The molecule has 0 aliphatic carbocycles. The number of nitrogens with zero attached hydrogens (tertiary/aromatic N) is 1. The van der Waals surface area contributed by atoms with Crippen molar-refractivity contribution in [1.82, 2.24) is 20.5 Å². The van der Waals surface area contributed by atoms with Gasteiger partial charge in [0.15, 0.2) is 28.6 Å². The fourth-order valence-corrected chi connectivity index (χ4v) is 5.61. The topological polar surface area (TPSA) is 140 Å². The van der Waals surface area contributed by atoms with Crippen LogP contribution in [0, 0.1) is 0 Å². The number of aromatic amines is 1. The summed E-state index contributed by atoms with van der Waals surface area (Å²) in [6, 6.07) is 19.0. The smallest absolute Gasteiger partial charge is 0.264 e. The minimum absolute atomic E-state index is 0.101. The predicted octanol–water partition coefficient (Wildman–Crippen LogP) is 4.32. The number of hydrogen-bond acceptors (Lipinski definition) is 8. The highest BCUT2D eigenvalue weighted by Crippen LogP contribution is 2.38. The van der Waals surface area contributed by atoms with Crippen LogP contribution in [0.4, 0.5) is 0 Å². The van der Waals surface area contributed by atoms with Crippen molar-refractivity contribution in [2.45, 2.75) is 25.0 Å². The summed E-state index contributed by atoms with van der Waals surface area (Å²) in [5.41, 5.74) is 0.528. The van der Waals surface area contributed by atoms with E-state index in [1.165, 1.54) is 14.2 Å². The van der Waals surface area contributed by atoms with Crippen molar-refractivity contribution >= 4 is 17.7 Å². The van der Waals surface area contributed by atoms with E-state index in [0.717, 1.165) is 5.56 Å². The molecule has 1 aromatic heterocycles. The molecule has 47 heavy (non-hydrogen) atoms. The Balaban J connectivity index is 1.27. The molecular formula is C35H36N4O8. The van der Waals surface area contributed by atoms with Crippen LogP contribution in [-0.4, -0.2) is 73.7 Å². The second-order valence-electron chi connectivity index (χ2n) is 11.2. The van der Waals surface area contributed by atoms with Crippen LogP contribution in [-0.2, 0) is 11.3 Å². The van der Waals surface area contributed by atoms with E-state index in [1.54, 1.807) is 78.0 Å². The fourth-order valence-electron chi connectivity index (χ4n) is 5.61. The fraction of sp³-hybridized carbons (Fsp3) is 0.286. The van der Waals surface area contributed by atoms with E-state index in [4.69, 9.17) is 23.7 Å². The van der Waals surface area contributed by atoms with E-state index >= 15 is 0 Å². The van der Waals surface area contributed by atoms with Crippen LogP contribution in [0.2, 0.25) is 0 Å². The molecule has 0 unspecified atom stereocenters. The molecule has 244 valence electrons. The molecule has 11 rings (SSSR count). The molecule has 3 N–H and O–H groups in total. The van der Waals surface area contributed by atoms with Crippen molar-refractivity contribution in [3.05, 3.63) is 95.8 Å². The average Bonchev–Trinajstić information content (AvgIpc) is 3.65. The van der Waals surface area contributed by atoms with Crippen molar-refractivity contribution in [2.75, 3.05) is 40.5 Å². The van der Waals surface area contributed by atoms with Gasteiger partial charge in [-0.05, 0) is 66.2 Å². The second kappa shape index (κ2) is 13.8. The Kier molecular flexibility index (Phi) is 9.18. The van der Waals surface area contributed by atoms with Gasteiger partial charge in [0.1, 0.15) is 18.1 Å². The highest BCUT2D eigenvalue weighted by molar-refractivity contribution is 5.95. The summed E-state index contributed by atoms with van der Waals surface area (Å²) in [7, 11) is 3.03. The molecule has 0 radical (unpaired) electrons. The number of rotatable bonds is 3. The summed E-state index contributed by atoms with van der Waals surface area (Å²) in [6.45, 7) is 1.38. The van der Waals surface area contributed by atoms with Gasteiger partial charge in [-0.25, -0.2) is 0 Å². The van der Waals surface area contributed by atoms with Crippen molar-refractivity contribution in [3.63, 3.8) is 0 Å². The molecule has 0 saturated carbocycles. The Morgan fingerprint density at radius 1 is 0.851 bits per heavy atom. The zero-order chi connectivity index (χ0) is 32.8. The van der Waals surface area contributed by atoms with E-state index in [-0.39, 0.29) is 37.4 Å². The maximum atomic E-state index is 13.9. The van der Waals surface area contributed by atoms with E-state index < -0.39 is 5.60 Å². The number of hydrogen-bond donors (Lipinski definition) is 3. The molecule has 4 aromatic rings. The Hall–Kier alpha value is -5.65. The lowest BCUT2D eigenvalue weighted by Crippen LogP contribution is -2.57. The van der Waals surface area contributed by atoms with Gasteiger partial charge in [-0.1, -0.05) is 6.07 Å². The van der Waals surface area contributed by atoms with Crippen molar-refractivity contribution in [2.24, 2.45) is 0 Å². The van der Waals surface area contributed by atoms with E-state index in [2.05, 4.69) is 15.6 Å². The second-order valence-corrected chi connectivity index (χ2v) is 11.2. The van der Waals surface area contributed by atoms with Crippen LogP contribution < -0.4 is 34.3 Å². The lowest BCUT2D eigenvalue weighted by atomic mass is 9.89. The van der Waals surface area contributed by atoms with Gasteiger partial charge in [-0.3, -0.25) is 14.4 Å². The maximum absolute atomic E-state index is 13.9. The quantitative estimate of drug-likeness (QED) is 0.301. The van der Waals surface area contributed by atoms with Crippen LogP contribution in [0.3, 0.4) is 0 Å². The molecule has 1 fully saturated rings.